The molecular weight excluding hydrogens is 386 g/mol. The van der Waals surface area contributed by atoms with E-state index in [1.807, 2.05) is 36.4 Å². The molecule has 2 saturated heterocycles. The average Bonchev–Trinajstić information content (AvgIpc) is 3.53. The van der Waals surface area contributed by atoms with Crippen molar-refractivity contribution in [1.29, 1.82) is 0 Å². The molecule has 1 atom stereocenters. The molecule has 7 heteroatoms. The van der Waals surface area contributed by atoms with Crippen LogP contribution >= 0.6 is 0 Å². The Morgan fingerprint density at radius 3 is 2.68 bits per heavy atom. The van der Waals surface area contributed by atoms with Gasteiger partial charge in [-0.25, -0.2) is 19.6 Å². The van der Waals surface area contributed by atoms with E-state index in [4.69, 9.17) is 15.7 Å². The monoisotopic (exact) mass is 411 g/mol. The molecule has 7 nitrogen and oxygen atoms in total. The number of hydrogen-bond acceptors (Lipinski definition) is 6. The number of anilines is 1. The molecular formula is C24H25N7. The number of nitrogen functional groups attached to an aromatic ring is 1. The molecule has 31 heavy (non-hydrogen) atoms. The number of aromatic nitrogens is 4. The lowest BCUT2D eigenvalue weighted by Gasteiger charge is -2.26. The Balaban J connectivity index is 1.54. The van der Waals surface area contributed by atoms with Crippen LogP contribution < -0.4 is 16.1 Å². The summed E-state index contributed by atoms with van der Waals surface area (Å²) in [6.45, 7) is 4.12. The molecule has 0 radical (unpaired) electrons. The molecule has 2 fully saturated rings. The number of pyridine rings is 2. The quantitative estimate of drug-likeness (QED) is 0.539. The average molecular weight is 412 g/mol. The van der Waals surface area contributed by atoms with Crippen molar-refractivity contribution in [3.8, 4) is 22.6 Å². The summed E-state index contributed by atoms with van der Waals surface area (Å²) in [7, 11) is 0. The van der Waals surface area contributed by atoms with Gasteiger partial charge in [0.2, 0.25) is 0 Å². The summed E-state index contributed by atoms with van der Waals surface area (Å²) >= 11 is 0. The van der Waals surface area contributed by atoms with Gasteiger partial charge >= 0.3 is 0 Å². The number of nitrogens with two attached hydrogens (primary N) is 1. The number of hydrogen-bond donors (Lipinski definition) is 2. The Morgan fingerprint density at radius 1 is 0.968 bits per heavy atom. The number of nitrogens with zero attached hydrogens (tertiary/aromatic N) is 5. The first-order chi connectivity index (χ1) is 15.2. The van der Waals surface area contributed by atoms with Crippen LogP contribution in [0, 0.1) is 5.41 Å². The predicted octanol–water partition coefficient (Wildman–Crippen LogP) is 3.06. The molecule has 2 aliphatic heterocycles. The minimum Gasteiger partial charge on any atom is -0.383 e. The van der Waals surface area contributed by atoms with Crippen LogP contribution in [0.4, 0.5) is 5.82 Å². The molecule has 0 saturated carbocycles. The molecule has 2 aliphatic rings. The number of benzene rings is 1. The summed E-state index contributed by atoms with van der Waals surface area (Å²) in [6, 6.07) is 18.3. The zero-order valence-corrected chi connectivity index (χ0v) is 17.3. The van der Waals surface area contributed by atoms with E-state index >= 15 is 0 Å². The van der Waals surface area contributed by atoms with Gasteiger partial charge in [-0.05, 0) is 43.7 Å². The van der Waals surface area contributed by atoms with Crippen LogP contribution in [0.1, 0.15) is 12.8 Å². The van der Waals surface area contributed by atoms with Crippen LogP contribution in [0.25, 0.3) is 33.8 Å². The Labute approximate surface area is 180 Å². The number of rotatable bonds is 3. The summed E-state index contributed by atoms with van der Waals surface area (Å²) in [4.78, 5) is 14.3. The molecule has 3 N–H and O–H groups in total. The van der Waals surface area contributed by atoms with Gasteiger partial charge in [-0.15, -0.1) is 0 Å². The molecule has 1 spiro atoms. The highest BCUT2D eigenvalue weighted by Gasteiger charge is 2.41. The van der Waals surface area contributed by atoms with E-state index in [0.29, 0.717) is 11.2 Å². The highest BCUT2D eigenvalue weighted by atomic mass is 15.6. The lowest BCUT2D eigenvalue weighted by Crippen LogP contribution is -2.36. The fourth-order valence-corrected chi connectivity index (χ4v) is 4.99. The zero-order valence-electron chi connectivity index (χ0n) is 17.3. The number of imidazole rings is 1. The third-order valence-corrected chi connectivity index (χ3v) is 6.66. The van der Waals surface area contributed by atoms with Gasteiger partial charge in [-0.2, -0.15) is 0 Å². The summed E-state index contributed by atoms with van der Waals surface area (Å²) in [5, 5.41) is 5.94. The third kappa shape index (κ3) is 3.04. The van der Waals surface area contributed by atoms with Crippen molar-refractivity contribution < 1.29 is 0 Å². The minimum atomic E-state index is 0.325. The Kier molecular flexibility index (Phi) is 4.17. The van der Waals surface area contributed by atoms with Crippen molar-refractivity contribution in [2.75, 3.05) is 36.9 Å². The summed E-state index contributed by atoms with van der Waals surface area (Å²) in [6.07, 6.45) is 4.09. The lowest BCUT2D eigenvalue weighted by atomic mass is 9.87. The van der Waals surface area contributed by atoms with Gasteiger partial charge in [-0.1, -0.05) is 30.3 Å². The number of fused-ring (bicyclic) bond motifs is 1. The SMILES string of the molecule is Nc1ncccc1-c1nc2ccc(-c3ccccc3)nc2n1N1CC[C@]2(CCNC2)C1. The van der Waals surface area contributed by atoms with Crippen molar-refractivity contribution >= 4 is 17.0 Å². The van der Waals surface area contributed by atoms with E-state index in [9.17, 15) is 0 Å². The molecule has 4 aromatic rings. The van der Waals surface area contributed by atoms with Gasteiger partial charge in [0.25, 0.3) is 0 Å². The van der Waals surface area contributed by atoms with Crippen LogP contribution in [0.2, 0.25) is 0 Å². The molecule has 0 aliphatic carbocycles. The maximum absolute atomic E-state index is 6.27. The lowest BCUT2D eigenvalue weighted by molar-refractivity contribution is 0.364. The highest BCUT2D eigenvalue weighted by molar-refractivity contribution is 5.82. The van der Waals surface area contributed by atoms with Gasteiger partial charge in [0.05, 0.1) is 11.3 Å². The van der Waals surface area contributed by atoms with Gasteiger partial charge in [-0.3, -0.25) is 0 Å². The van der Waals surface area contributed by atoms with Crippen molar-refractivity contribution in [3.05, 3.63) is 60.8 Å². The summed E-state index contributed by atoms with van der Waals surface area (Å²) in [5.74, 6) is 1.29. The largest absolute Gasteiger partial charge is 0.383 e. The first kappa shape index (κ1) is 18.3. The van der Waals surface area contributed by atoms with Crippen LogP contribution in [0.5, 0.6) is 0 Å². The van der Waals surface area contributed by atoms with E-state index in [1.54, 1.807) is 6.20 Å². The normalized spacial score (nSPS) is 20.8. The first-order valence-corrected chi connectivity index (χ1v) is 10.8. The number of nitrogens with one attached hydrogen (secondary N) is 1. The second kappa shape index (κ2) is 7.06. The van der Waals surface area contributed by atoms with Gasteiger partial charge in [0, 0.05) is 36.8 Å². The van der Waals surface area contributed by atoms with Crippen molar-refractivity contribution in [2.45, 2.75) is 12.8 Å². The Bertz CT molecular complexity index is 1240. The third-order valence-electron chi connectivity index (χ3n) is 6.66. The molecule has 0 bridgehead atoms. The van der Waals surface area contributed by atoms with Crippen molar-refractivity contribution in [3.63, 3.8) is 0 Å². The zero-order chi connectivity index (χ0) is 20.8. The second-order valence-corrected chi connectivity index (χ2v) is 8.65. The van der Waals surface area contributed by atoms with E-state index in [1.165, 1.54) is 12.8 Å². The van der Waals surface area contributed by atoms with Crippen LogP contribution in [-0.4, -0.2) is 45.8 Å². The Morgan fingerprint density at radius 2 is 1.87 bits per heavy atom. The predicted molar refractivity (Wildman–Crippen MR) is 123 cm³/mol. The smallest absolute Gasteiger partial charge is 0.180 e. The summed E-state index contributed by atoms with van der Waals surface area (Å²) in [5.41, 5.74) is 11.2. The first-order valence-electron chi connectivity index (χ1n) is 10.8. The van der Waals surface area contributed by atoms with Crippen LogP contribution in [-0.2, 0) is 0 Å². The minimum absolute atomic E-state index is 0.325. The summed E-state index contributed by atoms with van der Waals surface area (Å²) < 4.78 is 2.18. The van der Waals surface area contributed by atoms with Crippen LogP contribution in [0.3, 0.4) is 0 Å². The van der Waals surface area contributed by atoms with Crippen molar-refractivity contribution in [1.82, 2.24) is 24.9 Å². The maximum Gasteiger partial charge on any atom is 0.180 e. The molecule has 3 aromatic heterocycles. The highest BCUT2D eigenvalue weighted by Crippen LogP contribution is 2.38. The van der Waals surface area contributed by atoms with E-state index < -0.39 is 0 Å². The molecule has 1 aromatic carbocycles. The van der Waals surface area contributed by atoms with Crippen LogP contribution in [0.15, 0.2) is 60.8 Å². The van der Waals surface area contributed by atoms with E-state index in [0.717, 1.165) is 60.0 Å². The molecule has 156 valence electrons. The fourth-order valence-electron chi connectivity index (χ4n) is 4.99. The van der Waals surface area contributed by atoms with Gasteiger partial charge in [0.15, 0.2) is 11.5 Å². The molecule has 0 amide bonds. The van der Waals surface area contributed by atoms with E-state index in [2.05, 4.69) is 38.2 Å². The molecule has 5 heterocycles. The fraction of sp³-hybridized carbons (Fsp3) is 0.292. The standard InChI is InChI=1S/C24H25N7/c25-21-18(7-4-12-27-21)22-29-20-9-8-19(17-5-2-1-3-6-17)28-23(20)31(22)30-14-11-24(16-30)10-13-26-15-24/h1-9,12,26H,10-11,13-16H2,(H2,25,27)/t24-/m0/s1. The van der Waals surface area contributed by atoms with Gasteiger partial charge in [0.1, 0.15) is 11.3 Å². The van der Waals surface area contributed by atoms with Crippen molar-refractivity contribution in [2.24, 2.45) is 5.41 Å². The van der Waals surface area contributed by atoms with Gasteiger partial charge < -0.3 is 16.1 Å². The second-order valence-electron chi connectivity index (χ2n) is 8.65. The van der Waals surface area contributed by atoms with E-state index in [-0.39, 0.29) is 0 Å². The molecule has 0 unspecified atom stereocenters. The Hall–Kier alpha value is -3.45. The molecule has 6 rings (SSSR count). The maximum atomic E-state index is 6.27. The topological polar surface area (TPSA) is 84.9 Å².